The molecule has 1 aromatic heterocycles. The number of amides is 1. The van der Waals surface area contributed by atoms with Crippen molar-refractivity contribution in [2.45, 2.75) is 51.9 Å². The van der Waals surface area contributed by atoms with Crippen LogP contribution in [-0.2, 0) is 11.2 Å². The zero-order chi connectivity index (χ0) is 20.4. The van der Waals surface area contributed by atoms with Crippen molar-refractivity contribution in [1.82, 2.24) is 9.47 Å². The van der Waals surface area contributed by atoms with Crippen molar-refractivity contribution in [3.05, 3.63) is 41.6 Å². The maximum Gasteiger partial charge on any atom is 0.231 e. The molecule has 0 radical (unpaired) electrons. The van der Waals surface area contributed by atoms with Crippen molar-refractivity contribution < 1.29 is 9.59 Å². The molecule has 154 valence electrons. The lowest BCUT2D eigenvalue weighted by molar-refractivity contribution is -0.118. The summed E-state index contributed by atoms with van der Waals surface area (Å²) in [6.07, 6.45) is 6.87. The Hall–Kier alpha value is -2.40. The molecule has 0 saturated carbocycles. The highest BCUT2D eigenvalue weighted by atomic mass is 16.2. The van der Waals surface area contributed by atoms with E-state index in [0.29, 0.717) is 12.8 Å². The zero-order valence-corrected chi connectivity index (χ0v) is 17.6. The second-order valence-electron chi connectivity index (χ2n) is 8.39. The van der Waals surface area contributed by atoms with Gasteiger partial charge in [-0.1, -0.05) is 18.6 Å². The van der Waals surface area contributed by atoms with Crippen LogP contribution in [0.2, 0.25) is 0 Å². The average molecular weight is 394 g/mol. The third kappa shape index (κ3) is 4.15. The standard InChI is InChI=1S/C24H31N3O2/c1-18-17-22(27-21(18)7-6-8-24(27)29)19-9-11-20(12-10-19)25(2)23(28)13-16-26-14-4-3-5-15-26/h9-12,17H,3-8,13-16H2,1-2H3. The third-order valence-corrected chi connectivity index (χ3v) is 6.39. The Balaban J connectivity index is 1.45. The van der Waals surface area contributed by atoms with Gasteiger partial charge in [0.25, 0.3) is 0 Å². The van der Waals surface area contributed by atoms with Crippen molar-refractivity contribution in [2.75, 3.05) is 31.6 Å². The molecule has 0 atom stereocenters. The molecule has 3 heterocycles. The Morgan fingerprint density at radius 1 is 1.03 bits per heavy atom. The van der Waals surface area contributed by atoms with Gasteiger partial charge in [-0.15, -0.1) is 0 Å². The number of aryl methyl sites for hydroxylation is 1. The molecular formula is C24H31N3O2. The van der Waals surface area contributed by atoms with E-state index in [0.717, 1.165) is 55.1 Å². The first-order valence-corrected chi connectivity index (χ1v) is 10.9. The van der Waals surface area contributed by atoms with E-state index in [1.165, 1.54) is 24.8 Å². The summed E-state index contributed by atoms with van der Waals surface area (Å²) in [5, 5.41) is 0. The van der Waals surface area contributed by atoms with E-state index in [9.17, 15) is 9.59 Å². The van der Waals surface area contributed by atoms with Crippen LogP contribution in [0.5, 0.6) is 0 Å². The Bertz CT molecular complexity index is 892. The number of carbonyl (C=O) groups is 2. The molecule has 5 nitrogen and oxygen atoms in total. The molecule has 2 aromatic rings. The van der Waals surface area contributed by atoms with Crippen LogP contribution in [0.1, 0.15) is 54.6 Å². The summed E-state index contributed by atoms with van der Waals surface area (Å²) in [6, 6.07) is 10.1. The summed E-state index contributed by atoms with van der Waals surface area (Å²) in [4.78, 5) is 29.2. The van der Waals surface area contributed by atoms with Crippen LogP contribution in [0.4, 0.5) is 5.69 Å². The molecule has 2 aliphatic heterocycles. The highest BCUT2D eigenvalue weighted by molar-refractivity contribution is 5.93. The monoisotopic (exact) mass is 393 g/mol. The van der Waals surface area contributed by atoms with Gasteiger partial charge < -0.3 is 9.80 Å². The molecule has 0 bridgehead atoms. The largest absolute Gasteiger partial charge is 0.315 e. The predicted octanol–water partition coefficient (Wildman–Crippen LogP) is 4.28. The first-order valence-electron chi connectivity index (χ1n) is 10.9. The number of aromatic nitrogens is 1. The van der Waals surface area contributed by atoms with Crippen molar-refractivity contribution in [3.8, 4) is 11.3 Å². The fourth-order valence-electron chi connectivity index (χ4n) is 4.60. The molecule has 5 heteroatoms. The topological polar surface area (TPSA) is 45.6 Å². The van der Waals surface area contributed by atoms with Gasteiger partial charge in [0.2, 0.25) is 11.8 Å². The second kappa shape index (κ2) is 8.54. The van der Waals surface area contributed by atoms with Gasteiger partial charge in [-0.25, -0.2) is 0 Å². The number of nitrogens with zero attached hydrogens (tertiary/aromatic N) is 3. The van der Waals surface area contributed by atoms with Gasteiger partial charge in [0.1, 0.15) is 0 Å². The van der Waals surface area contributed by atoms with Crippen LogP contribution < -0.4 is 4.90 Å². The molecule has 1 saturated heterocycles. The maximum absolute atomic E-state index is 12.6. The molecule has 4 rings (SSSR count). The van der Waals surface area contributed by atoms with Gasteiger partial charge in [-0.2, -0.15) is 0 Å². The fourth-order valence-corrected chi connectivity index (χ4v) is 4.60. The van der Waals surface area contributed by atoms with E-state index in [-0.39, 0.29) is 11.8 Å². The third-order valence-electron chi connectivity index (χ3n) is 6.39. The number of anilines is 1. The number of fused-ring (bicyclic) bond motifs is 1. The van der Waals surface area contributed by atoms with Crippen LogP contribution in [0.3, 0.4) is 0 Å². The summed E-state index contributed by atoms with van der Waals surface area (Å²) in [5.41, 5.74) is 5.21. The smallest absolute Gasteiger partial charge is 0.231 e. The van der Waals surface area contributed by atoms with E-state index < -0.39 is 0 Å². The predicted molar refractivity (Wildman–Crippen MR) is 116 cm³/mol. The maximum atomic E-state index is 12.6. The van der Waals surface area contributed by atoms with Crippen molar-refractivity contribution in [3.63, 3.8) is 0 Å². The molecule has 1 aromatic carbocycles. The molecule has 0 N–H and O–H groups in total. The Morgan fingerprint density at radius 2 is 1.76 bits per heavy atom. The summed E-state index contributed by atoms with van der Waals surface area (Å²) in [6.45, 7) is 5.16. The number of hydrogen-bond donors (Lipinski definition) is 0. The highest BCUT2D eigenvalue weighted by Crippen LogP contribution is 2.31. The lowest BCUT2D eigenvalue weighted by Gasteiger charge is -2.27. The van der Waals surface area contributed by atoms with Crippen LogP contribution in [-0.4, -0.2) is 48.0 Å². The van der Waals surface area contributed by atoms with Gasteiger partial charge in [0.15, 0.2) is 0 Å². The number of carbonyl (C=O) groups excluding carboxylic acids is 2. The molecule has 0 aliphatic carbocycles. The zero-order valence-electron chi connectivity index (χ0n) is 17.6. The quantitative estimate of drug-likeness (QED) is 0.762. The summed E-state index contributed by atoms with van der Waals surface area (Å²) in [7, 11) is 1.85. The Kier molecular flexibility index (Phi) is 5.86. The molecule has 0 unspecified atom stereocenters. The average Bonchev–Trinajstić information content (AvgIpc) is 3.10. The van der Waals surface area contributed by atoms with Gasteiger partial charge in [0, 0.05) is 37.8 Å². The number of piperidine rings is 1. The van der Waals surface area contributed by atoms with Crippen LogP contribution in [0.25, 0.3) is 11.3 Å². The lowest BCUT2D eigenvalue weighted by Crippen LogP contribution is -2.35. The number of likely N-dealkylation sites (tertiary alicyclic amines) is 1. The normalized spacial score (nSPS) is 17.2. The molecule has 0 spiro atoms. The molecule has 1 fully saturated rings. The SMILES string of the molecule is Cc1cc(-c2ccc(N(C)C(=O)CCN3CCCCC3)cc2)n2c1CCCC2=O. The minimum absolute atomic E-state index is 0.148. The fraction of sp³-hybridized carbons (Fsp3) is 0.500. The van der Waals surface area contributed by atoms with Gasteiger partial charge in [-0.05, 0) is 75.0 Å². The first kappa shape index (κ1) is 19.9. The highest BCUT2D eigenvalue weighted by Gasteiger charge is 2.23. The minimum atomic E-state index is 0.148. The lowest BCUT2D eigenvalue weighted by atomic mass is 10.1. The molecule has 1 amide bonds. The van der Waals surface area contributed by atoms with E-state index >= 15 is 0 Å². The minimum Gasteiger partial charge on any atom is -0.315 e. The van der Waals surface area contributed by atoms with Crippen molar-refractivity contribution >= 4 is 17.5 Å². The van der Waals surface area contributed by atoms with E-state index in [2.05, 4.69) is 17.9 Å². The molecule has 29 heavy (non-hydrogen) atoms. The number of benzene rings is 1. The first-order chi connectivity index (χ1) is 14.0. The van der Waals surface area contributed by atoms with E-state index in [1.807, 2.05) is 35.9 Å². The molecule has 2 aliphatic rings. The van der Waals surface area contributed by atoms with Gasteiger partial charge in [0.05, 0.1) is 5.69 Å². The summed E-state index contributed by atoms with van der Waals surface area (Å²) in [5.74, 6) is 0.331. The number of rotatable bonds is 5. The second-order valence-corrected chi connectivity index (χ2v) is 8.39. The van der Waals surface area contributed by atoms with Crippen molar-refractivity contribution in [1.29, 1.82) is 0 Å². The van der Waals surface area contributed by atoms with Crippen LogP contribution in [0.15, 0.2) is 30.3 Å². The number of hydrogen-bond acceptors (Lipinski definition) is 3. The van der Waals surface area contributed by atoms with Crippen LogP contribution in [0, 0.1) is 6.92 Å². The Morgan fingerprint density at radius 3 is 2.48 bits per heavy atom. The van der Waals surface area contributed by atoms with E-state index in [1.54, 1.807) is 4.90 Å². The van der Waals surface area contributed by atoms with Crippen molar-refractivity contribution in [2.24, 2.45) is 0 Å². The Labute approximate surface area is 173 Å². The van der Waals surface area contributed by atoms with Gasteiger partial charge >= 0.3 is 0 Å². The molecular weight excluding hydrogens is 362 g/mol. The van der Waals surface area contributed by atoms with Crippen LogP contribution >= 0.6 is 0 Å². The van der Waals surface area contributed by atoms with E-state index in [4.69, 9.17) is 0 Å². The summed E-state index contributed by atoms with van der Waals surface area (Å²) < 4.78 is 1.89. The summed E-state index contributed by atoms with van der Waals surface area (Å²) >= 11 is 0. The van der Waals surface area contributed by atoms with Gasteiger partial charge in [-0.3, -0.25) is 14.2 Å².